The third-order valence-corrected chi connectivity index (χ3v) is 4.17. The van der Waals surface area contributed by atoms with Crippen LogP contribution in [-0.2, 0) is 9.53 Å². The third-order valence-electron chi connectivity index (χ3n) is 4.17. The van der Waals surface area contributed by atoms with Gasteiger partial charge in [0, 0.05) is 0 Å². The molecule has 0 heterocycles. The molecule has 1 saturated carbocycles. The van der Waals surface area contributed by atoms with Crippen molar-refractivity contribution in [2.45, 2.75) is 27.7 Å². The van der Waals surface area contributed by atoms with Crippen molar-refractivity contribution in [2.75, 3.05) is 20.2 Å². The molecule has 1 rings (SSSR count). The number of carbonyl (C=O) groups excluding carboxylic acids is 1. The molecule has 0 spiro atoms. The lowest BCUT2D eigenvalue weighted by atomic mass is 10.0. The topological polar surface area (TPSA) is 38.3 Å². The van der Waals surface area contributed by atoms with Crippen LogP contribution in [0, 0.1) is 16.7 Å². The van der Waals surface area contributed by atoms with Gasteiger partial charge in [0.2, 0.25) is 0 Å². The van der Waals surface area contributed by atoms with Crippen molar-refractivity contribution in [1.82, 2.24) is 5.32 Å². The van der Waals surface area contributed by atoms with Gasteiger partial charge in [0.1, 0.15) is 0 Å². The second kappa shape index (κ2) is 3.54. The van der Waals surface area contributed by atoms with Crippen LogP contribution in [0.2, 0.25) is 0 Å². The normalized spacial score (nSPS) is 23.2. The van der Waals surface area contributed by atoms with Crippen LogP contribution in [0.3, 0.4) is 0 Å². The predicted octanol–water partition coefficient (Wildman–Crippen LogP) is 1.43. The minimum absolute atomic E-state index is 0.193. The van der Waals surface area contributed by atoms with Crippen molar-refractivity contribution in [1.29, 1.82) is 0 Å². The minimum Gasteiger partial charge on any atom is -0.468 e. The maximum Gasteiger partial charge on any atom is 0.319 e. The Morgan fingerprint density at radius 2 is 1.79 bits per heavy atom. The number of methoxy groups -OCH3 is 1. The fraction of sp³-hybridized carbons (Fsp3) is 0.909. The van der Waals surface area contributed by atoms with E-state index in [1.807, 2.05) is 0 Å². The van der Waals surface area contributed by atoms with Gasteiger partial charge in [-0.05, 0) is 23.3 Å². The zero-order valence-corrected chi connectivity index (χ0v) is 9.81. The molecule has 3 heteroatoms. The molecule has 1 fully saturated rings. The van der Waals surface area contributed by atoms with E-state index in [1.54, 1.807) is 0 Å². The molecule has 1 aliphatic rings. The van der Waals surface area contributed by atoms with E-state index in [2.05, 4.69) is 37.7 Å². The smallest absolute Gasteiger partial charge is 0.319 e. The molecule has 82 valence electrons. The molecule has 14 heavy (non-hydrogen) atoms. The summed E-state index contributed by atoms with van der Waals surface area (Å²) in [6.45, 7) is 10.3. The molecular formula is C11H21NO2. The molecule has 1 aliphatic carbocycles. The van der Waals surface area contributed by atoms with Crippen molar-refractivity contribution in [3.8, 4) is 0 Å². The Bertz CT molecular complexity index is 219. The molecule has 0 radical (unpaired) electrons. The van der Waals surface area contributed by atoms with Gasteiger partial charge in [0.25, 0.3) is 0 Å². The van der Waals surface area contributed by atoms with Crippen LogP contribution in [0.1, 0.15) is 27.7 Å². The molecule has 0 unspecified atom stereocenters. The first-order valence-electron chi connectivity index (χ1n) is 5.11. The van der Waals surface area contributed by atoms with E-state index in [0.717, 1.165) is 6.54 Å². The summed E-state index contributed by atoms with van der Waals surface area (Å²) in [7, 11) is 1.41. The highest BCUT2D eigenvalue weighted by Crippen LogP contribution is 2.67. The fourth-order valence-electron chi connectivity index (χ4n) is 2.23. The number of carbonyl (C=O) groups is 1. The number of rotatable bonds is 4. The number of hydrogen-bond acceptors (Lipinski definition) is 3. The lowest BCUT2D eigenvalue weighted by Gasteiger charge is -2.04. The first-order chi connectivity index (χ1) is 6.34. The zero-order valence-electron chi connectivity index (χ0n) is 9.81. The molecule has 0 amide bonds. The van der Waals surface area contributed by atoms with Crippen LogP contribution in [0.4, 0.5) is 0 Å². The highest BCUT2D eigenvalue weighted by Gasteiger charge is 2.63. The van der Waals surface area contributed by atoms with Crippen LogP contribution in [0.25, 0.3) is 0 Å². The van der Waals surface area contributed by atoms with Crippen LogP contribution in [-0.4, -0.2) is 26.2 Å². The number of ether oxygens (including phenoxy) is 1. The SMILES string of the molecule is COC(=O)CNCC1C(C)(C)C1(C)C. The van der Waals surface area contributed by atoms with E-state index in [9.17, 15) is 4.79 Å². The van der Waals surface area contributed by atoms with Gasteiger partial charge >= 0.3 is 5.97 Å². The zero-order chi connectivity index (χ0) is 11.0. The van der Waals surface area contributed by atoms with Gasteiger partial charge in [-0.1, -0.05) is 27.7 Å². The Kier molecular flexibility index (Phi) is 2.91. The Morgan fingerprint density at radius 1 is 1.29 bits per heavy atom. The first kappa shape index (κ1) is 11.5. The van der Waals surface area contributed by atoms with Gasteiger partial charge in [-0.25, -0.2) is 0 Å². The maximum absolute atomic E-state index is 10.9. The van der Waals surface area contributed by atoms with E-state index < -0.39 is 0 Å². The average Bonchev–Trinajstić information content (AvgIpc) is 2.47. The Balaban J connectivity index is 2.26. The van der Waals surface area contributed by atoms with Crippen molar-refractivity contribution in [3.05, 3.63) is 0 Å². The van der Waals surface area contributed by atoms with Gasteiger partial charge in [-0.15, -0.1) is 0 Å². The molecule has 0 aromatic carbocycles. The van der Waals surface area contributed by atoms with Crippen molar-refractivity contribution >= 4 is 5.97 Å². The molecule has 0 aromatic rings. The Labute approximate surface area is 86.2 Å². The lowest BCUT2D eigenvalue weighted by Crippen LogP contribution is -2.27. The third kappa shape index (κ3) is 1.78. The highest BCUT2D eigenvalue weighted by molar-refractivity contribution is 5.71. The summed E-state index contributed by atoms with van der Waals surface area (Å²) in [6.07, 6.45) is 0. The largest absolute Gasteiger partial charge is 0.468 e. The average molecular weight is 199 g/mol. The number of nitrogens with one attached hydrogen (secondary N) is 1. The summed E-state index contributed by atoms with van der Waals surface area (Å²) in [5.41, 5.74) is 0.770. The second-order valence-electron chi connectivity index (χ2n) is 5.20. The van der Waals surface area contributed by atoms with E-state index in [4.69, 9.17) is 0 Å². The highest BCUT2D eigenvalue weighted by atomic mass is 16.5. The molecule has 0 aromatic heterocycles. The van der Waals surface area contributed by atoms with E-state index in [1.165, 1.54) is 7.11 Å². The summed E-state index contributed by atoms with van der Waals surface area (Å²) in [5.74, 6) is 0.459. The second-order valence-corrected chi connectivity index (χ2v) is 5.20. The van der Waals surface area contributed by atoms with E-state index in [-0.39, 0.29) is 5.97 Å². The van der Waals surface area contributed by atoms with Crippen LogP contribution in [0.15, 0.2) is 0 Å². The number of hydrogen-bond donors (Lipinski definition) is 1. The van der Waals surface area contributed by atoms with Crippen LogP contribution in [0.5, 0.6) is 0 Å². The van der Waals surface area contributed by atoms with E-state index >= 15 is 0 Å². The summed E-state index contributed by atoms with van der Waals surface area (Å²) in [6, 6.07) is 0. The van der Waals surface area contributed by atoms with Gasteiger partial charge in [0.05, 0.1) is 13.7 Å². The molecule has 1 N–H and O–H groups in total. The lowest BCUT2D eigenvalue weighted by molar-refractivity contribution is -0.139. The van der Waals surface area contributed by atoms with Gasteiger partial charge < -0.3 is 10.1 Å². The minimum atomic E-state index is -0.193. The quantitative estimate of drug-likeness (QED) is 0.696. The first-order valence-corrected chi connectivity index (χ1v) is 5.11. The monoisotopic (exact) mass is 199 g/mol. The van der Waals surface area contributed by atoms with Crippen molar-refractivity contribution < 1.29 is 9.53 Å². The van der Waals surface area contributed by atoms with Gasteiger partial charge in [-0.3, -0.25) is 4.79 Å². The molecule has 0 bridgehead atoms. The van der Waals surface area contributed by atoms with Gasteiger partial charge in [0.15, 0.2) is 0 Å². The van der Waals surface area contributed by atoms with Crippen molar-refractivity contribution in [3.63, 3.8) is 0 Å². The van der Waals surface area contributed by atoms with Crippen LogP contribution < -0.4 is 5.32 Å². The fourth-order valence-corrected chi connectivity index (χ4v) is 2.23. The molecule has 3 nitrogen and oxygen atoms in total. The molecular weight excluding hydrogens is 178 g/mol. The summed E-state index contributed by atoms with van der Waals surface area (Å²) < 4.78 is 4.55. The maximum atomic E-state index is 10.9. The summed E-state index contributed by atoms with van der Waals surface area (Å²) in [5, 5.41) is 3.13. The summed E-state index contributed by atoms with van der Waals surface area (Å²) in [4.78, 5) is 10.9. The predicted molar refractivity (Wildman–Crippen MR) is 55.9 cm³/mol. The van der Waals surface area contributed by atoms with Gasteiger partial charge in [-0.2, -0.15) is 0 Å². The van der Waals surface area contributed by atoms with E-state index in [0.29, 0.717) is 23.3 Å². The van der Waals surface area contributed by atoms with Crippen LogP contribution >= 0.6 is 0 Å². The number of esters is 1. The summed E-state index contributed by atoms with van der Waals surface area (Å²) >= 11 is 0. The molecule has 0 saturated heterocycles. The molecule has 0 atom stereocenters. The van der Waals surface area contributed by atoms with Crippen molar-refractivity contribution in [2.24, 2.45) is 16.7 Å². The Morgan fingerprint density at radius 3 is 2.14 bits per heavy atom. The molecule has 0 aliphatic heterocycles. The standard InChI is InChI=1S/C11H21NO2/c1-10(2)8(11(10,3)4)6-12-7-9(13)14-5/h8,12H,6-7H2,1-5H3. The Hall–Kier alpha value is -0.570.